The van der Waals surface area contributed by atoms with Gasteiger partial charge in [0.2, 0.25) is 0 Å². The number of nitrogens with zero attached hydrogens (tertiary/aromatic N) is 1. The van der Waals surface area contributed by atoms with E-state index in [0.717, 1.165) is 17.6 Å². The minimum atomic E-state index is 1.05. The molecule has 0 spiro atoms. The molecule has 0 aliphatic heterocycles. The number of rotatable bonds is 16. The highest BCUT2D eigenvalue weighted by Gasteiger charge is 2.14. The second-order valence-corrected chi connectivity index (χ2v) is 9.24. The van der Waals surface area contributed by atoms with E-state index in [2.05, 4.69) is 49.7 Å². The number of hydrogen-bond donors (Lipinski definition) is 1. The number of hydrogen-bond acceptors (Lipinski definition) is 1. The standard InChI is InChI=1S/C22H43N2Si/c1-24(2,21-22-15-11-10-12-16-22)19-18-23-17-13-8-6-4-3-5-7-9-14-20-25/h10-12,15-16,23H,3-9,13-14,17-21H2,1-2,25H3/q+1. The van der Waals surface area contributed by atoms with Gasteiger partial charge in [-0.15, -0.1) is 0 Å². The molecule has 1 rings (SSSR count). The molecule has 0 aromatic heterocycles. The van der Waals surface area contributed by atoms with Crippen LogP contribution in [0.2, 0.25) is 6.04 Å². The molecule has 1 aromatic carbocycles. The molecule has 144 valence electrons. The van der Waals surface area contributed by atoms with Gasteiger partial charge in [-0.3, -0.25) is 0 Å². The molecule has 25 heavy (non-hydrogen) atoms. The highest BCUT2D eigenvalue weighted by atomic mass is 28.1. The molecule has 0 unspecified atom stereocenters. The van der Waals surface area contributed by atoms with E-state index in [9.17, 15) is 0 Å². The van der Waals surface area contributed by atoms with Gasteiger partial charge in [0.05, 0.1) is 20.6 Å². The minimum absolute atomic E-state index is 1.05. The van der Waals surface area contributed by atoms with Crippen LogP contribution >= 0.6 is 0 Å². The lowest BCUT2D eigenvalue weighted by molar-refractivity contribution is -0.902. The first kappa shape index (κ1) is 22.4. The van der Waals surface area contributed by atoms with E-state index in [1.165, 1.54) is 92.7 Å². The quantitative estimate of drug-likeness (QED) is 0.264. The zero-order chi connectivity index (χ0) is 18.2. The first-order valence-electron chi connectivity index (χ1n) is 10.7. The summed E-state index contributed by atoms with van der Waals surface area (Å²) in [6, 6.07) is 12.3. The van der Waals surface area contributed by atoms with Crippen LogP contribution in [0.4, 0.5) is 0 Å². The lowest BCUT2D eigenvalue weighted by Crippen LogP contribution is -2.43. The summed E-state index contributed by atoms with van der Waals surface area (Å²) < 4.78 is 1.05. The predicted molar refractivity (Wildman–Crippen MR) is 116 cm³/mol. The van der Waals surface area contributed by atoms with Crippen molar-refractivity contribution in [1.29, 1.82) is 0 Å². The molecule has 1 aromatic rings. The van der Waals surface area contributed by atoms with Gasteiger partial charge in [-0.2, -0.15) is 0 Å². The largest absolute Gasteiger partial charge is 0.324 e. The van der Waals surface area contributed by atoms with Crippen LogP contribution in [-0.4, -0.2) is 48.5 Å². The average molecular weight is 364 g/mol. The summed E-state index contributed by atoms with van der Waals surface area (Å²) in [6.45, 7) is 4.61. The molecule has 0 aliphatic carbocycles. The summed E-state index contributed by atoms with van der Waals surface area (Å²) in [5, 5.41) is 3.64. The lowest BCUT2D eigenvalue weighted by Gasteiger charge is -2.30. The number of likely N-dealkylation sites (N-methyl/N-ethyl adjacent to an activating group) is 1. The van der Waals surface area contributed by atoms with Crippen molar-refractivity contribution in [3.8, 4) is 0 Å². The molecule has 0 saturated carbocycles. The maximum Gasteiger partial charge on any atom is 0.104 e. The summed E-state index contributed by atoms with van der Waals surface area (Å²) in [4.78, 5) is 0. The third-order valence-corrected chi connectivity index (χ3v) is 5.76. The zero-order valence-corrected chi connectivity index (χ0v) is 19.2. The van der Waals surface area contributed by atoms with Crippen molar-refractivity contribution in [1.82, 2.24) is 5.32 Å². The fourth-order valence-corrected chi connectivity index (χ4v) is 3.90. The topological polar surface area (TPSA) is 12.0 Å². The van der Waals surface area contributed by atoms with Crippen molar-refractivity contribution in [3.05, 3.63) is 35.9 Å². The summed E-state index contributed by atoms with van der Waals surface area (Å²) >= 11 is 0. The van der Waals surface area contributed by atoms with Gasteiger partial charge in [-0.25, -0.2) is 0 Å². The van der Waals surface area contributed by atoms with Gasteiger partial charge in [0, 0.05) is 22.4 Å². The van der Waals surface area contributed by atoms with Crippen LogP contribution in [0.1, 0.15) is 63.4 Å². The Morgan fingerprint density at radius 3 is 1.92 bits per heavy atom. The third kappa shape index (κ3) is 13.2. The van der Waals surface area contributed by atoms with Crippen molar-refractivity contribution in [2.45, 2.75) is 70.4 Å². The summed E-state index contributed by atoms with van der Waals surface area (Å²) in [5.74, 6) is 0. The Morgan fingerprint density at radius 2 is 1.32 bits per heavy atom. The molecule has 3 heteroatoms. The molecule has 0 bridgehead atoms. The smallest absolute Gasteiger partial charge is 0.104 e. The highest BCUT2D eigenvalue weighted by Crippen LogP contribution is 2.10. The van der Waals surface area contributed by atoms with Crippen molar-refractivity contribution < 1.29 is 4.48 Å². The van der Waals surface area contributed by atoms with E-state index >= 15 is 0 Å². The number of nitrogens with one attached hydrogen (secondary N) is 1. The molecular formula is C22H43N2Si+. The molecular weight excluding hydrogens is 320 g/mol. The summed E-state index contributed by atoms with van der Waals surface area (Å²) in [5.41, 5.74) is 1.43. The Bertz CT molecular complexity index is 406. The third-order valence-electron chi connectivity index (χ3n) is 5.05. The van der Waals surface area contributed by atoms with E-state index in [4.69, 9.17) is 0 Å². The Kier molecular flexibility index (Phi) is 13.0. The number of unbranched alkanes of at least 4 members (excludes halogenated alkanes) is 8. The van der Waals surface area contributed by atoms with E-state index < -0.39 is 0 Å². The first-order valence-corrected chi connectivity index (χ1v) is 12.1. The van der Waals surface area contributed by atoms with E-state index in [0.29, 0.717) is 0 Å². The van der Waals surface area contributed by atoms with Crippen molar-refractivity contribution in [2.75, 3.05) is 33.7 Å². The maximum absolute atomic E-state index is 3.64. The predicted octanol–water partition coefficient (Wildman–Crippen LogP) is 4.15. The average Bonchev–Trinajstić information content (AvgIpc) is 2.59. The van der Waals surface area contributed by atoms with Gasteiger partial charge in [-0.05, 0) is 13.0 Å². The molecule has 0 aliphatic rings. The monoisotopic (exact) mass is 363 g/mol. The second kappa shape index (κ2) is 14.5. The fraction of sp³-hybridized carbons (Fsp3) is 0.727. The van der Waals surface area contributed by atoms with E-state index in [1.54, 1.807) is 0 Å². The van der Waals surface area contributed by atoms with E-state index in [1.807, 2.05) is 0 Å². The molecule has 0 radical (unpaired) electrons. The Morgan fingerprint density at radius 1 is 0.760 bits per heavy atom. The number of quaternary nitrogens is 1. The first-order chi connectivity index (χ1) is 12.1. The Hall–Kier alpha value is -0.643. The molecule has 1 N–H and O–H groups in total. The molecule has 0 atom stereocenters. The summed E-state index contributed by atoms with van der Waals surface area (Å²) in [6.07, 6.45) is 13.0. The van der Waals surface area contributed by atoms with Gasteiger partial charge in [-0.1, -0.05) is 87.7 Å². The SMILES string of the molecule is C[N+](C)(CCNCCCCCCCCCCC[SiH3])Cc1ccccc1. The fourth-order valence-electron chi connectivity index (χ4n) is 3.40. The van der Waals surface area contributed by atoms with Crippen LogP contribution in [-0.2, 0) is 6.54 Å². The van der Waals surface area contributed by atoms with Crippen LogP contribution in [0, 0.1) is 0 Å². The number of benzene rings is 1. The molecule has 0 fully saturated rings. The molecule has 0 amide bonds. The van der Waals surface area contributed by atoms with Gasteiger partial charge < -0.3 is 9.80 Å². The minimum Gasteiger partial charge on any atom is -0.324 e. The maximum atomic E-state index is 3.64. The summed E-state index contributed by atoms with van der Waals surface area (Å²) in [7, 11) is 6.06. The molecule has 0 saturated heterocycles. The lowest BCUT2D eigenvalue weighted by atomic mass is 10.1. The molecule has 0 heterocycles. The van der Waals surface area contributed by atoms with Gasteiger partial charge in [0.15, 0.2) is 0 Å². The normalized spacial score (nSPS) is 11.9. The highest BCUT2D eigenvalue weighted by molar-refractivity contribution is 6.08. The second-order valence-electron chi connectivity index (χ2n) is 8.24. The van der Waals surface area contributed by atoms with Gasteiger partial charge in [0.1, 0.15) is 6.54 Å². The van der Waals surface area contributed by atoms with Crippen LogP contribution < -0.4 is 5.32 Å². The van der Waals surface area contributed by atoms with Crippen LogP contribution in [0.5, 0.6) is 0 Å². The van der Waals surface area contributed by atoms with Crippen LogP contribution in [0.15, 0.2) is 30.3 Å². The Labute approximate surface area is 160 Å². The van der Waals surface area contributed by atoms with Crippen LogP contribution in [0.3, 0.4) is 0 Å². The van der Waals surface area contributed by atoms with Gasteiger partial charge >= 0.3 is 0 Å². The van der Waals surface area contributed by atoms with Gasteiger partial charge in [0.25, 0.3) is 0 Å². The van der Waals surface area contributed by atoms with Crippen molar-refractivity contribution >= 4 is 10.2 Å². The van der Waals surface area contributed by atoms with Crippen molar-refractivity contribution in [2.24, 2.45) is 0 Å². The Balaban J connectivity index is 1.89. The zero-order valence-electron chi connectivity index (χ0n) is 17.2. The van der Waals surface area contributed by atoms with Crippen LogP contribution in [0.25, 0.3) is 0 Å². The van der Waals surface area contributed by atoms with E-state index in [-0.39, 0.29) is 0 Å². The van der Waals surface area contributed by atoms with Crippen molar-refractivity contribution in [3.63, 3.8) is 0 Å². The molecule has 2 nitrogen and oxygen atoms in total.